The second-order valence-electron chi connectivity index (χ2n) is 3.57. The quantitative estimate of drug-likeness (QED) is 0.786. The van der Waals surface area contributed by atoms with Crippen LogP contribution in [-0.4, -0.2) is 46.8 Å². The van der Waals surface area contributed by atoms with E-state index in [1.165, 1.54) is 0 Å². The van der Waals surface area contributed by atoms with Gasteiger partial charge in [0, 0.05) is 18.9 Å². The highest BCUT2D eigenvalue weighted by Gasteiger charge is 2.26. The maximum absolute atomic E-state index is 10.7. The zero-order valence-electron chi connectivity index (χ0n) is 8.74. The Morgan fingerprint density at radius 2 is 2.31 bits per heavy atom. The number of rotatable bonds is 3. The van der Waals surface area contributed by atoms with E-state index >= 15 is 0 Å². The number of ether oxygens (including phenoxy) is 1. The van der Waals surface area contributed by atoms with Crippen LogP contribution in [0.5, 0.6) is 0 Å². The Labute approximate surface area is 92.9 Å². The molecule has 1 aliphatic rings. The largest absolute Gasteiger partial charge is 0.481 e. The molecule has 1 aliphatic heterocycles. The van der Waals surface area contributed by atoms with Gasteiger partial charge < -0.3 is 14.7 Å². The van der Waals surface area contributed by atoms with Gasteiger partial charge in [-0.05, 0) is 6.07 Å². The third-order valence-corrected chi connectivity index (χ3v) is 2.45. The van der Waals surface area contributed by atoms with Gasteiger partial charge >= 0.3 is 5.97 Å². The fourth-order valence-electron chi connectivity index (χ4n) is 1.73. The summed E-state index contributed by atoms with van der Waals surface area (Å²) in [7, 11) is 0. The van der Waals surface area contributed by atoms with Crippen LogP contribution in [0.4, 0.5) is 5.95 Å². The van der Waals surface area contributed by atoms with Gasteiger partial charge in [0.15, 0.2) is 0 Å². The first-order valence-electron chi connectivity index (χ1n) is 5.10. The fourth-order valence-corrected chi connectivity index (χ4v) is 1.73. The minimum absolute atomic E-state index is 0.0399. The minimum Gasteiger partial charge on any atom is -0.481 e. The molecule has 0 amide bonds. The van der Waals surface area contributed by atoms with Crippen LogP contribution in [0.25, 0.3) is 0 Å². The van der Waals surface area contributed by atoms with Crippen LogP contribution in [-0.2, 0) is 9.53 Å². The molecule has 0 bridgehead atoms. The van der Waals surface area contributed by atoms with E-state index in [4.69, 9.17) is 9.84 Å². The van der Waals surface area contributed by atoms with Crippen molar-refractivity contribution in [1.82, 2.24) is 9.97 Å². The summed E-state index contributed by atoms with van der Waals surface area (Å²) in [5.41, 5.74) is 0. The normalized spacial score (nSPS) is 20.8. The van der Waals surface area contributed by atoms with Gasteiger partial charge in [-0.2, -0.15) is 0 Å². The van der Waals surface area contributed by atoms with Gasteiger partial charge in [-0.3, -0.25) is 4.79 Å². The zero-order valence-corrected chi connectivity index (χ0v) is 8.74. The maximum atomic E-state index is 10.7. The van der Waals surface area contributed by atoms with Crippen molar-refractivity contribution in [2.24, 2.45) is 0 Å². The van der Waals surface area contributed by atoms with E-state index in [9.17, 15) is 4.79 Å². The smallest absolute Gasteiger partial charge is 0.305 e. The van der Waals surface area contributed by atoms with Gasteiger partial charge in [0.2, 0.25) is 5.95 Å². The average molecular weight is 223 g/mol. The summed E-state index contributed by atoms with van der Waals surface area (Å²) in [4.78, 5) is 20.9. The lowest BCUT2D eigenvalue weighted by molar-refractivity contribution is -0.138. The van der Waals surface area contributed by atoms with E-state index in [2.05, 4.69) is 9.97 Å². The highest BCUT2D eigenvalue weighted by atomic mass is 16.5. The molecule has 0 radical (unpaired) electrons. The molecule has 0 saturated carbocycles. The van der Waals surface area contributed by atoms with Crippen LogP contribution >= 0.6 is 0 Å². The van der Waals surface area contributed by atoms with Gasteiger partial charge in [-0.15, -0.1) is 0 Å². The number of anilines is 1. The molecule has 2 heterocycles. The summed E-state index contributed by atoms with van der Waals surface area (Å²) < 4.78 is 5.27. The molecule has 86 valence electrons. The number of carboxylic acid groups (broad SMARTS) is 1. The molecule has 1 N–H and O–H groups in total. The summed E-state index contributed by atoms with van der Waals surface area (Å²) in [5.74, 6) is -0.270. The molecule has 1 fully saturated rings. The van der Waals surface area contributed by atoms with Gasteiger partial charge in [-0.25, -0.2) is 9.97 Å². The van der Waals surface area contributed by atoms with Crippen LogP contribution in [0, 0.1) is 0 Å². The highest BCUT2D eigenvalue weighted by Crippen LogP contribution is 2.16. The predicted molar refractivity (Wildman–Crippen MR) is 56.2 cm³/mol. The number of hydrogen-bond acceptors (Lipinski definition) is 5. The van der Waals surface area contributed by atoms with Crippen molar-refractivity contribution in [3.63, 3.8) is 0 Å². The van der Waals surface area contributed by atoms with Crippen molar-refractivity contribution in [2.75, 3.05) is 24.7 Å². The number of aliphatic carboxylic acids is 1. The molecule has 1 aromatic rings. The number of nitrogens with zero attached hydrogens (tertiary/aromatic N) is 3. The summed E-state index contributed by atoms with van der Waals surface area (Å²) in [5, 5.41) is 8.81. The Morgan fingerprint density at radius 3 is 3.00 bits per heavy atom. The van der Waals surface area contributed by atoms with Crippen molar-refractivity contribution in [3.05, 3.63) is 18.5 Å². The summed E-state index contributed by atoms with van der Waals surface area (Å²) >= 11 is 0. The molecule has 0 spiro atoms. The highest BCUT2D eigenvalue weighted by molar-refractivity contribution is 5.68. The van der Waals surface area contributed by atoms with E-state index < -0.39 is 5.97 Å². The second-order valence-corrected chi connectivity index (χ2v) is 3.57. The summed E-state index contributed by atoms with van der Waals surface area (Å²) in [6.07, 6.45) is 3.34. The number of carbonyl (C=O) groups is 1. The third-order valence-electron chi connectivity index (χ3n) is 2.45. The lowest BCUT2D eigenvalue weighted by Gasteiger charge is -2.34. The monoisotopic (exact) mass is 223 g/mol. The zero-order chi connectivity index (χ0) is 11.4. The minimum atomic E-state index is -0.837. The SMILES string of the molecule is O=C(O)CC1COCCN1c1ncccn1. The van der Waals surface area contributed by atoms with E-state index in [0.29, 0.717) is 25.7 Å². The molecule has 0 aromatic carbocycles. The number of aromatic nitrogens is 2. The van der Waals surface area contributed by atoms with Gasteiger partial charge in [-0.1, -0.05) is 0 Å². The first-order chi connectivity index (χ1) is 7.77. The molecule has 0 aliphatic carbocycles. The molecule has 2 rings (SSSR count). The van der Waals surface area contributed by atoms with E-state index in [0.717, 1.165) is 0 Å². The van der Waals surface area contributed by atoms with Gasteiger partial charge in [0.1, 0.15) is 0 Å². The maximum Gasteiger partial charge on any atom is 0.305 e. The number of hydrogen-bond donors (Lipinski definition) is 1. The molecular formula is C10H13N3O3. The van der Waals surface area contributed by atoms with Crippen molar-refractivity contribution in [1.29, 1.82) is 0 Å². The Bertz CT molecular complexity index is 358. The Balaban J connectivity index is 2.13. The first kappa shape index (κ1) is 10.8. The van der Waals surface area contributed by atoms with Crippen molar-refractivity contribution in [3.8, 4) is 0 Å². The van der Waals surface area contributed by atoms with Crippen LogP contribution in [0.3, 0.4) is 0 Å². The van der Waals surface area contributed by atoms with Crippen LogP contribution in [0.1, 0.15) is 6.42 Å². The Morgan fingerprint density at radius 1 is 1.56 bits per heavy atom. The lowest BCUT2D eigenvalue weighted by atomic mass is 10.1. The number of carboxylic acids is 1. The molecule has 1 atom stereocenters. The Hall–Kier alpha value is -1.69. The molecular weight excluding hydrogens is 210 g/mol. The molecule has 1 aromatic heterocycles. The van der Waals surface area contributed by atoms with Crippen molar-refractivity contribution in [2.45, 2.75) is 12.5 Å². The molecule has 6 nitrogen and oxygen atoms in total. The Kier molecular flexibility index (Phi) is 3.31. The lowest BCUT2D eigenvalue weighted by Crippen LogP contribution is -2.47. The first-order valence-corrected chi connectivity index (χ1v) is 5.10. The van der Waals surface area contributed by atoms with E-state index in [-0.39, 0.29) is 12.5 Å². The molecule has 16 heavy (non-hydrogen) atoms. The van der Waals surface area contributed by atoms with Crippen molar-refractivity contribution < 1.29 is 14.6 Å². The van der Waals surface area contributed by atoms with E-state index in [1.54, 1.807) is 18.5 Å². The summed E-state index contributed by atoms with van der Waals surface area (Å²) in [6.45, 7) is 1.61. The number of morpholine rings is 1. The van der Waals surface area contributed by atoms with Gasteiger partial charge in [0.25, 0.3) is 0 Å². The molecule has 6 heteroatoms. The third kappa shape index (κ3) is 2.46. The van der Waals surface area contributed by atoms with Crippen LogP contribution in [0.15, 0.2) is 18.5 Å². The predicted octanol–water partition coefficient (Wildman–Crippen LogP) is 0.156. The molecule has 1 saturated heterocycles. The van der Waals surface area contributed by atoms with Gasteiger partial charge in [0.05, 0.1) is 25.7 Å². The van der Waals surface area contributed by atoms with E-state index in [1.807, 2.05) is 4.90 Å². The standard InChI is InChI=1S/C10H13N3O3/c14-9(15)6-8-7-16-5-4-13(8)10-11-2-1-3-12-10/h1-3,8H,4-7H2,(H,14,15). The van der Waals surface area contributed by atoms with Crippen molar-refractivity contribution >= 4 is 11.9 Å². The molecule has 1 unspecified atom stereocenters. The van der Waals surface area contributed by atoms with Crippen LogP contribution in [0.2, 0.25) is 0 Å². The second kappa shape index (κ2) is 4.89. The fraction of sp³-hybridized carbons (Fsp3) is 0.500. The average Bonchev–Trinajstić information content (AvgIpc) is 2.30. The van der Waals surface area contributed by atoms with Crippen LogP contribution < -0.4 is 4.90 Å². The topological polar surface area (TPSA) is 75.6 Å². The summed E-state index contributed by atoms with van der Waals surface area (Å²) in [6, 6.07) is 1.55.